The number of benzene rings is 1. The van der Waals surface area contributed by atoms with Crippen molar-refractivity contribution in [3.05, 3.63) is 34.6 Å². The first-order chi connectivity index (χ1) is 15.3. The highest BCUT2D eigenvalue weighted by molar-refractivity contribution is 5.89. The normalized spacial score (nSPS) is 24.2. The Kier molecular flexibility index (Phi) is 6.99. The second kappa shape index (κ2) is 9.58. The van der Waals surface area contributed by atoms with Crippen LogP contribution in [0.5, 0.6) is 0 Å². The van der Waals surface area contributed by atoms with Crippen molar-refractivity contribution >= 4 is 11.7 Å². The molecule has 0 aromatic heterocycles. The van der Waals surface area contributed by atoms with E-state index in [0.717, 1.165) is 49.7 Å². The molecule has 32 heavy (non-hydrogen) atoms. The van der Waals surface area contributed by atoms with Crippen LogP contribution in [0.4, 0.5) is 8.78 Å². The van der Waals surface area contributed by atoms with Gasteiger partial charge in [0.2, 0.25) is 5.91 Å². The molecule has 1 heterocycles. The average molecular weight is 447 g/mol. The molecule has 0 spiro atoms. The first kappa shape index (κ1) is 23.3. The lowest BCUT2D eigenvalue weighted by Gasteiger charge is -2.41. The van der Waals surface area contributed by atoms with Crippen LogP contribution in [0.3, 0.4) is 0 Å². The van der Waals surface area contributed by atoms with Gasteiger partial charge in [-0.1, -0.05) is 18.9 Å². The quantitative estimate of drug-likeness (QED) is 0.633. The first-order valence-electron chi connectivity index (χ1n) is 12.3. The topological polar surface area (TPSA) is 40.6 Å². The van der Waals surface area contributed by atoms with Crippen molar-refractivity contribution in [2.24, 2.45) is 5.92 Å². The van der Waals surface area contributed by atoms with Crippen molar-refractivity contribution in [2.45, 2.75) is 89.9 Å². The molecule has 6 heteroatoms. The zero-order valence-corrected chi connectivity index (χ0v) is 19.5. The van der Waals surface area contributed by atoms with Gasteiger partial charge in [-0.2, -0.15) is 0 Å². The predicted molar refractivity (Wildman–Crippen MR) is 121 cm³/mol. The van der Waals surface area contributed by atoms with Crippen molar-refractivity contribution in [1.82, 2.24) is 9.80 Å². The molecule has 4 rings (SSSR count). The van der Waals surface area contributed by atoms with Crippen molar-refractivity contribution in [1.29, 1.82) is 0 Å². The minimum atomic E-state index is -1.71. The second-order valence-electron chi connectivity index (χ2n) is 10.2. The Morgan fingerprint density at radius 1 is 1.09 bits per heavy atom. The Morgan fingerprint density at radius 3 is 2.44 bits per heavy atom. The van der Waals surface area contributed by atoms with Gasteiger partial charge in [-0.05, 0) is 69.6 Å². The molecule has 2 aliphatic carbocycles. The molecule has 3 fully saturated rings. The van der Waals surface area contributed by atoms with Crippen LogP contribution in [-0.2, 0) is 22.6 Å². The molecule has 2 saturated carbocycles. The van der Waals surface area contributed by atoms with Crippen molar-refractivity contribution in [3.63, 3.8) is 0 Å². The third-order valence-electron chi connectivity index (χ3n) is 7.98. The van der Waals surface area contributed by atoms with Crippen molar-refractivity contribution in [2.75, 3.05) is 19.6 Å². The molecular weight excluding hydrogens is 410 g/mol. The van der Waals surface area contributed by atoms with Gasteiger partial charge >= 0.3 is 0 Å². The van der Waals surface area contributed by atoms with E-state index in [0.29, 0.717) is 44.6 Å². The number of rotatable bonds is 6. The van der Waals surface area contributed by atoms with Crippen LogP contribution in [0.25, 0.3) is 0 Å². The molecule has 0 N–H and O–H groups in total. The van der Waals surface area contributed by atoms with E-state index in [-0.39, 0.29) is 35.9 Å². The molecule has 0 unspecified atom stereocenters. The number of amides is 1. The molecule has 1 aliphatic heterocycles. The number of piperazine rings is 1. The Hall–Kier alpha value is -1.82. The summed E-state index contributed by atoms with van der Waals surface area (Å²) in [5, 5.41) is 0. The zero-order chi connectivity index (χ0) is 22.9. The number of hydrogen-bond donors (Lipinski definition) is 0. The summed E-state index contributed by atoms with van der Waals surface area (Å²) in [5.74, 6) is -0.198. The molecule has 3 aliphatic rings. The standard InChI is InChI=1S/C26H36F2N2O2/c1-18-16-29(13-14-30(18)25(32)20-7-3-4-8-20)17-22-19(2)21(9-10-23(22)27)15-24(31)26(28)11-5-6-12-26/h9-10,18,20H,3-8,11-17H2,1-2H3/t18-/m0/s1. The van der Waals surface area contributed by atoms with Crippen LogP contribution in [0.1, 0.15) is 75.0 Å². The maximum atomic E-state index is 14.9. The lowest BCUT2D eigenvalue weighted by Crippen LogP contribution is -2.54. The monoisotopic (exact) mass is 446 g/mol. The van der Waals surface area contributed by atoms with E-state index in [2.05, 4.69) is 11.8 Å². The first-order valence-corrected chi connectivity index (χ1v) is 12.3. The maximum Gasteiger partial charge on any atom is 0.226 e. The summed E-state index contributed by atoms with van der Waals surface area (Å²) in [4.78, 5) is 29.7. The molecule has 0 radical (unpaired) electrons. The number of ketones is 1. The molecule has 1 aromatic carbocycles. The number of carbonyl (C=O) groups excluding carboxylic acids is 2. The van der Waals surface area contributed by atoms with Gasteiger partial charge in [0.15, 0.2) is 11.5 Å². The highest BCUT2D eigenvalue weighted by Gasteiger charge is 2.41. The summed E-state index contributed by atoms with van der Waals surface area (Å²) >= 11 is 0. The summed E-state index contributed by atoms with van der Waals surface area (Å²) in [6.07, 6.45) is 6.44. The lowest BCUT2D eigenvalue weighted by molar-refractivity contribution is -0.140. The largest absolute Gasteiger partial charge is 0.337 e. The number of nitrogens with zero attached hydrogens (tertiary/aromatic N) is 2. The van der Waals surface area contributed by atoms with Crippen LogP contribution < -0.4 is 0 Å². The summed E-state index contributed by atoms with van der Waals surface area (Å²) in [6, 6.07) is 3.14. The third-order valence-corrected chi connectivity index (χ3v) is 7.98. The van der Waals surface area contributed by atoms with Gasteiger partial charge in [0.05, 0.1) is 0 Å². The van der Waals surface area contributed by atoms with Gasteiger partial charge in [-0.15, -0.1) is 0 Å². The summed E-state index contributed by atoms with van der Waals surface area (Å²) in [6.45, 7) is 6.42. The fraction of sp³-hybridized carbons (Fsp3) is 0.692. The number of alkyl halides is 1. The predicted octanol–water partition coefficient (Wildman–Crippen LogP) is 4.75. The molecule has 4 nitrogen and oxygen atoms in total. The Bertz CT molecular complexity index is 860. The minimum Gasteiger partial charge on any atom is -0.337 e. The fourth-order valence-electron chi connectivity index (χ4n) is 5.84. The summed E-state index contributed by atoms with van der Waals surface area (Å²) in [7, 11) is 0. The molecule has 1 amide bonds. The van der Waals surface area contributed by atoms with E-state index in [1.807, 2.05) is 11.8 Å². The van der Waals surface area contributed by atoms with Gasteiger partial charge in [-0.25, -0.2) is 8.78 Å². The van der Waals surface area contributed by atoms with Crippen LogP contribution in [0.15, 0.2) is 12.1 Å². The average Bonchev–Trinajstić information content (AvgIpc) is 3.45. The zero-order valence-electron chi connectivity index (χ0n) is 19.5. The Balaban J connectivity index is 1.41. The molecular formula is C26H36F2N2O2. The van der Waals surface area contributed by atoms with Crippen molar-refractivity contribution < 1.29 is 18.4 Å². The Morgan fingerprint density at radius 2 is 1.78 bits per heavy atom. The number of halogens is 2. The van der Waals surface area contributed by atoms with Gasteiger partial charge in [-0.3, -0.25) is 14.5 Å². The van der Waals surface area contributed by atoms with Gasteiger partial charge in [0.25, 0.3) is 0 Å². The van der Waals surface area contributed by atoms with Gasteiger partial charge < -0.3 is 4.90 Å². The highest BCUT2D eigenvalue weighted by atomic mass is 19.1. The van der Waals surface area contributed by atoms with Crippen molar-refractivity contribution in [3.8, 4) is 0 Å². The molecule has 0 bridgehead atoms. The van der Waals surface area contributed by atoms with Crippen LogP contribution in [0, 0.1) is 18.7 Å². The molecule has 176 valence electrons. The molecule has 1 saturated heterocycles. The van der Waals surface area contributed by atoms with Crippen LogP contribution in [0.2, 0.25) is 0 Å². The van der Waals surface area contributed by atoms with Gasteiger partial charge in [0, 0.05) is 50.1 Å². The van der Waals surface area contributed by atoms with E-state index in [9.17, 15) is 18.4 Å². The number of Topliss-reactive ketones (excluding diaryl/α,β-unsaturated/α-hetero) is 1. The number of hydrogen-bond acceptors (Lipinski definition) is 3. The van der Waals surface area contributed by atoms with Crippen LogP contribution >= 0.6 is 0 Å². The highest BCUT2D eigenvalue weighted by Crippen LogP contribution is 2.35. The Labute approximate surface area is 190 Å². The lowest BCUT2D eigenvalue weighted by atomic mass is 9.90. The third kappa shape index (κ3) is 4.75. The summed E-state index contributed by atoms with van der Waals surface area (Å²) < 4.78 is 29.6. The SMILES string of the molecule is Cc1c(CC(=O)C2(F)CCCC2)ccc(F)c1CN1CCN(C(=O)C2CCCC2)[C@@H](C)C1. The second-order valence-corrected chi connectivity index (χ2v) is 10.2. The van der Waals surface area contributed by atoms with E-state index < -0.39 is 5.67 Å². The van der Waals surface area contributed by atoms with E-state index in [4.69, 9.17) is 0 Å². The number of carbonyl (C=O) groups is 2. The summed E-state index contributed by atoms with van der Waals surface area (Å²) in [5.41, 5.74) is 0.339. The van der Waals surface area contributed by atoms with Crippen LogP contribution in [-0.4, -0.2) is 52.8 Å². The van der Waals surface area contributed by atoms with Gasteiger partial charge in [0.1, 0.15) is 5.82 Å². The van der Waals surface area contributed by atoms with E-state index in [1.165, 1.54) is 6.07 Å². The fourth-order valence-corrected chi connectivity index (χ4v) is 5.84. The minimum absolute atomic E-state index is 0.0235. The van der Waals surface area contributed by atoms with E-state index in [1.54, 1.807) is 6.07 Å². The molecule has 1 aromatic rings. The smallest absolute Gasteiger partial charge is 0.226 e. The molecule has 1 atom stereocenters. The maximum absolute atomic E-state index is 14.9. The van der Waals surface area contributed by atoms with E-state index >= 15 is 0 Å².